The molecule has 6 heteroatoms. The first-order valence-electron chi connectivity index (χ1n) is 5.26. The van der Waals surface area contributed by atoms with Crippen molar-refractivity contribution in [1.82, 2.24) is 9.78 Å². The van der Waals surface area contributed by atoms with Gasteiger partial charge >= 0.3 is 6.18 Å². The van der Waals surface area contributed by atoms with Crippen LogP contribution in [0.2, 0.25) is 0 Å². The number of aromatic amines is 1. The number of nitrogens with zero attached hydrogens (tertiary/aromatic N) is 1. The molecule has 0 fully saturated rings. The van der Waals surface area contributed by atoms with E-state index in [1.54, 1.807) is 12.1 Å². The molecule has 2 rings (SSSR count). The van der Waals surface area contributed by atoms with Crippen molar-refractivity contribution in [3.8, 4) is 5.69 Å². The number of hydrogen-bond acceptors (Lipinski definition) is 1. The number of nitrogens with one attached hydrogen (secondary N) is 1. The van der Waals surface area contributed by atoms with Crippen molar-refractivity contribution in [3.63, 3.8) is 0 Å². The molecular formula is C12H11F3N2S. The molecule has 0 amide bonds. The lowest BCUT2D eigenvalue weighted by Gasteiger charge is -2.05. The molecule has 18 heavy (non-hydrogen) atoms. The summed E-state index contributed by atoms with van der Waals surface area (Å²) in [7, 11) is 0. The minimum Gasteiger partial charge on any atom is -0.288 e. The van der Waals surface area contributed by atoms with Crippen LogP contribution in [0.5, 0.6) is 0 Å². The third-order valence-corrected chi connectivity index (χ3v) is 3.19. The highest BCUT2D eigenvalue weighted by atomic mass is 32.1. The molecule has 0 radical (unpaired) electrons. The molecular weight excluding hydrogens is 261 g/mol. The van der Waals surface area contributed by atoms with E-state index in [9.17, 15) is 13.2 Å². The summed E-state index contributed by atoms with van der Waals surface area (Å²) in [5.41, 5.74) is 0.861. The minimum absolute atomic E-state index is 0.0399. The molecule has 0 bridgehead atoms. The van der Waals surface area contributed by atoms with Gasteiger partial charge in [-0.25, -0.2) is 4.68 Å². The second kappa shape index (κ2) is 4.28. The van der Waals surface area contributed by atoms with Crippen LogP contribution in [-0.4, -0.2) is 9.78 Å². The highest BCUT2D eigenvalue weighted by Crippen LogP contribution is 2.31. The second-order valence-corrected chi connectivity index (χ2v) is 4.47. The van der Waals surface area contributed by atoms with Crippen LogP contribution in [0.1, 0.15) is 16.8 Å². The lowest BCUT2D eigenvalue weighted by Crippen LogP contribution is -2.08. The zero-order valence-electron chi connectivity index (χ0n) is 9.80. The fourth-order valence-electron chi connectivity index (χ4n) is 1.67. The van der Waals surface area contributed by atoms with Crippen LogP contribution < -0.4 is 0 Å². The predicted octanol–water partition coefficient (Wildman–Crippen LogP) is 4.17. The van der Waals surface area contributed by atoms with Crippen molar-refractivity contribution in [2.75, 3.05) is 0 Å². The average molecular weight is 272 g/mol. The van der Waals surface area contributed by atoms with Crippen LogP contribution in [0.3, 0.4) is 0 Å². The quantitative estimate of drug-likeness (QED) is 0.773. The zero-order chi connectivity index (χ0) is 13.5. The molecule has 2 nitrogen and oxygen atoms in total. The highest BCUT2D eigenvalue weighted by molar-refractivity contribution is 7.71. The number of aryl methyl sites for hydroxylation is 1. The van der Waals surface area contributed by atoms with Crippen molar-refractivity contribution in [2.45, 2.75) is 20.0 Å². The molecule has 2 aromatic rings. The lowest BCUT2D eigenvalue weighted by atomic mass is 10.2. The number of alkyl halides is 3. The van der Waals surface area contributed by atoms with E-state index in [-0.39, 0.29) is 10.2 Å². The van der Waals surface area contributed by atoms with Gasteiger partial charge < -0.3 is 0 Å². The van der Waals surface area contributed by atoms with Crippen molar-refractivity contribution in [3.05, 3.63) is 45.7 Å². The fourth-order valence-corrected chi connectivity index (χ4v) is 1.93. The Morgan fingerprint density at radius 1 is 1.11 bits per heavy atom. The number of benzene rings is 1. The van der Waals surface area contributed by atoms with Crippen molar-refractivity contribution >= 4 is 12.2 Å². The third-order valence-electron chi connectivity index (χ3n) is 2.70. The van der Waals surface area contributed by atoms with Gasteiger partial charge in [-0.15, -0.1) is 0 Å². The molecule has 1 heterocycles. The Morgan fingerprint density at radius 3 is 2.11 bits per heavy atom. The maximum absolute atomic E-state index is 12.7. The van der Waals surface area contributed by atoms with Gasteiger partial charge in [0.1, 0.15) is 10.3 Å². The van der Waals surface area contributed by atoms with Crippen molar-refractivity contribution in [2.24, 2.45) is 0 Å². The summed E-state index contributed by atoms with van der Waals surface area (Å²) < 4.78 is 39.6. The first-order chi connectivity index (χ1) is 8.30. The number of hydrogen-bond donors (Lipinski definition) is 1. The Bertz CT molecular complexity index is 620. The Morgan fingerprint density at radius 2 is 1.67 bits per heavy atom. The standard InChI is InChI=1S/C12H11F3N2S/c1-7-3-5-9(6-4-7)17-11(18)8(2)10(16-17)12(13,14)15/h3-6,16H,1-2H3. The minimum atomic E-state index is -4.42. The van der Waals surface area contributed by atoms with Crippen LogP contribution in [0.25, 0.3) is 5.69 Å². The second-order valence-electron chi connectivity index (χ2n) is 4.09. The van der Waals surface area contributed by atoms with Crippen LogP contribution >= 0.6 is 12.2 Å². The summed E-state index contributed by atoms with van der Waals surface area (Å²) in [4.78, 5) is 0. The van der Waals surface area contributed by atoms with Crippen LogP contribution in [-0.2, 0) is 6.18 Å². The third kappa shape index (κ3) is 2.20. The maximum Gasteiger partial charge on any atom is 0.433 e. The van der Waals surface area contributed by atoms with E-state index in [4.69, 9.17) is 12.2 Å². The number of rotatable bonds is 1. The average Bonchev–Trinajstić information content (AvgIpc) is 2.57. The lowest BCUT2D eigenvalue weighted by molar-refractivity contribution is -0.141. The zero-order valence-corrected chi connectivity index (χ0v) is 10.6. The topological polar surface area (TPSA) is 20.7 Å². The SMILES string of the molecule is Cc1ccc(-n2[nH]c(C(F)(F)F)c(C)c2=S)cc1. The van der Waals surface area contributed by atoms with Gasteiger partial charge in [-0.1, -0.05) is 29.9 Å². The first kappa shape index (κ1) is 12.9. The maximum atomic E-state index is 12.7. The molecule has 1 aromatic heterocycles. The van der Waals surface area contributed by atoms with E-state index in [1.165, 1.54) is 11.6 Å². The smallest absolute Gasteiger partial charge is 0.288 e. The van der Waals surface area contributed by atoms with E-state index < -0.39 is 11.9 Å². The van der Waals surface area contributed by atoms with Crippen molar-refractivity contribution in [1.29, 1.82) is 0 Å². The molecule has 1 N–H and O–H groups in total. The normalized spacial score (nSPS) is 11.8. The number of H-pyrrole nitrogens is 1. The fraction of sp³-hybridized carbons (Fsp3) is 0.250. The summed E-state index contributed by atoms with van der Waals surface area (Å²) in [6, 6.07) is 7.09. The first-order valence-corrected chi connectivity index (χ1v) is 5.67. The van der Waals surface area contributed by atoms with Gasteiger partial charge in [0.25, 0.3) is 0 Å². The van der Waals surface area contributed by atoms with Crippen molar-refractivity contribution < 1.29 is 13.2 Å². The van der Waals surface area contributed by atoms with E-state index >= 15 is 0 Å². The Kier molecular flexibility index (Phi) is 3.06. The molecule has 0 aliphatic heterocycles. The summed E-state index contributed by atoms with van der Waals surface area (Å²) in [5.74, 6) is 0. The molecule has 0 atom stereocenters. The summed E-state index contributed by atoms with van der Waals surface area (Å²) in [6.45, 7) is 3.27. The van der Waals surface area contributed by atoms with Crippen LogP contribution in [0.4, 0.5) is 13.2 Å². The van der Waals surface area contributed by atoms with Gasteiger partial charge in [0.05, 0.1) is 5.69 Å². The van der Waals surface area contributed by atoms with Gasteiger partial charge in [-0.05, 0) is 26.0 Å². The molecule has 96 valence electrons. The van der Waals surface area contributed by atoms with E-state index in [0.717, 1.165) is 5.56 Å². The Hall–Kier alpha value is -1.56. The van der Waals surface area contributed by atoms with Gasteiger partial charge in [0.2, 0.25) is 0 Å². The van der Waals surface area contributed by atoms with Gasteiger partial charge in [0.15, 0.2) is 0 Å². The number of halogens is 3. The van der Waals surface area contributed by atoms with E-state index in [0.29, 0.717) is 5.69 Å². The monoisotopic (exact) mass is 272 g/mol. The summed E-state index contributed by atoms with van der Waals surface area (Å²) in [6.07, 6.45) is -4.42. The molecule has 1 aromatic carbocycles. The van der Waals surface area contributed by atoms with Crippen LogP contribution in [0.15, 0.2) is 24.3 Å². The van der Waals surface area contributed by atoms with Gasteiger partial charge in [-0.3, -0.25) is 5.10 Å². The van der Waals surface area contributed by atoms with Crippen LogP contribution in [0, 0.1) is 18.5 Å². The highest BCUT2D eigenvalue weighted by Gasteiger charge is 2.35. The molecule has 0 spiro atoms. The van der Waals surface area contributed by atoms with Gasteiger partial charge in [0, 0.05) is 5.56 Å². The van der Waals surface area contributed by atoms with E-state index in [1.807, 2.05) is 19.1 Å². The Labute approximate surface area is 107 Å². The van der Waals surface area contributed by atoms with Gasteiger partial charge in [-0.2, -0.15) is 13.2 Å². The molecule has 0 saturated heterocycles. The molecule has 0 unspecified atom stereocenters. The summed E-state index contributed by atoms with van der Waals surface area (Å²) >= 11 is 5.03. The van der Waals surface area contributed by atoms with E-state index in [2.05, 4.69) is 5.10 Å². The largest absolute Gasteiger partial charge is 0.433 e. The molecule has 0 aliphatic carbocycles. The summed E-state index contributed by atoms with van der Waals surface area (Å²) in [5, 5.41) is 2.31. The molecule has 0 aliphatic rings. The Balaban J connectivity index is 2.60. The number of aromatic nitrogens is 2. The molecule has 0 saturated carbocycles. The predicted molar refractivity (Wildman–Crippen MR) is 65.4 cm³/mol.